The molecule has 182 valence electrons. The van der Waals surface area contributed by atoms with Crippen LogP contribution in [0.25, 0.3) is 5.57 Å². The second kappa shape index (κ2) is 8.62. The molecule has 1 N–H and O–H groups in total. The second-order valence-electron chi connectivity index (χ2n) is 12.1. The molecule has 4 nitrogen and oxygen atoms in total. The Morgan fingerprint density at radius 1 is 1.03 bits per heavy atom. The maximum Gasteiger partial charge on any atom is 0.309 e. The highest BCUT2D eigenvalue weighted by molar-refractivity contribution is 5.73. The topological polar surface area (TPSA) is 51.2 Å². The molecule has 4 aliphatic carbocycles. The highest BCUT2D eigenvalue weighted by atomic mass is 16.5. The number of nitrogens with zero attached hydrogens (tertiary/aromatic N) is 1. The molecule has 1 aliphatic heterocycles. The van der Waals surface area contributed by atoms with E-state index in [1.54, 1.807) is 5.57 Å². The van der Waals surface area contributed by atoms with Crippen molar-refractivity contribution in [1.29, 1.82) is 0 Å². The molecule has 4 heteroatoms. The lowest BCUT2D eigenvalue weighted by molar-refractivity contribution is -0.157. The molecule has 1 aromatic heterocycles. The van der Waals surface area contributed by atoms with Crippen LogP contribution >= 0.6 is 0 Å². The minimum Gasteiger partial charge on any atom is -0.462 e. The van der Waals surface area contributed by atoms with Crippen molar-refractivity contribution in [3.63, 3.8) is 0 Å². The number of rotatable bonds is 3. The molecule has 2 saturated carbocycles. The van der Waals surface area contributed by atoms with Gasteiger partial charge in [-0.2, -0.15) is 0 Å². The van der Waals surface area contributed by atoms with Crippen LogP contribution in [0.3, 0.4) is 0 Å². The zero-order valence-corrected chi connectivity index (χ0v) is 20.9. The molecule has 34 heavy (non-hydrogen) atoms. The van der Waals surface area contributed by atoms with Crippen molar-refractivity contribution in [2.45, 2.75) is 77.7 Å². The molecule has 0 spiro atoms. The summed E-state index contributed by atoms with van der Waals surface area (Å²) < 4.78 is 6.09. The number of nitrogens with one attached hydrogen (secondary N) is 1. The Morgan fingerprint density at radius 2 is 1.85 bits per heavy atom. The fraction of sp³-hybridized carbons (Fsp3) is 0.667. The van der Waals surface area contributed by atoms with E-state index >= 15 is 0 Å². The van der Waals surface area contributed by atoms with E-state index in [1.807, 2.05) is 6.20 Å². The maximum atomic E-state index is 12.8. The zero-order valence-electron chi connectivity index (χ0n) is 20.9. The first kappa shape index (κ1) is 22.5. The number of esters is 1. The monoisotopic (exact) mass is 460 g/mol. The lowest BCUT2D eigenvalue weighted by Gasteiger charge is -2.58. The average Bonchev–Trinajstić information content (AvgIpc) is 3.22. The summed E-state index contributed by atoms with van der Waals surface area (Å²) in [6, 6.07) is 4.32. The van der Waals surface area contributed by atoms with E-state index in [4.69, 9.17) is 4.74 Å². The molecule has 1 aromatic rings. The molecule has 0 aromatic carbocycles. The normalized spacial score (nSPS) is 39.8. The van der Waals surface area contributed by atoms with Gasteiger partial charge in [0.25, 0.3) is 0 Å². The van der Waals surface area contributed by atoms with Gasteiger partial charge in [-0.05, 0) is 110 Å². The van der Waals surface area contributed by atoms with Crippen LogP contribution in [0.4, 0.5) is 0 Å². The third-order valence-electron chi connectivity index (χ3n) is 10.6. The van der Waals surface area contributed by atoms with Crippen LogP contribution in [0.5, 0.6) is 0 Å². The van der Waals surface area contributed by atoms with E-state index in [9.17, 15) is 4.79 Å². The van der Waals surface area contributed by atoms with Crippen molar-refractivity contribution in [1.82, 2.24) is 10.3 Å². The van der Waals surface area contributed by atoms with Crippen LogP contribution in [-0.4, -0.2) is 30.1 Å². The molecule has 2 heterocycles. The van der Waals surface area contributed by atoms with E-state index in [0.29, 0.717) is 0 Å². The fourth-order valence-corrected chi connectivity index (χ4v) is 8.58. The Kier molecular flexibility index (Phi) is 5.71. The van der Waals surface area contributed by atoms with Crippen molar-refractivity contribution in [2.24, 2.45) is 34.5 Å². The van der Waals surface area contributed by atoms with Gasteiger partial charge in [-0.1, -0.05) is 37.6 Å². The Balaban J connectivity index is 1.17. The first-order valence-corrected chi connectivity index (χ1v) is 13.7. The number of carbonyl (C=O) groups is 1. The number of fused-ring (bicyclic) bond motifs is 5. The lowest BCUT2D eigenvalue weighted by Crippen LogP contribution is -2.50. The molecule has 0 amide bonds. The first-order valence-electron chi connectivity index (χ1n) is 13.7. The third kappa shape index (κ3) is 3.59. The Labute approximate surface area is 204 Å². The van der Waals surface area contributed by atoms with Crippen molar-refractivity contribution >= 4 is 11.5 Å². The zero-order chi connectivity index (χ0) is 23.3. The van der Waals surface area contributed by atoms with Crippen LogP contribution in [0.15, 0.2) is 42.3 Å². The standard InChI is InChI=1S/C30H40N2O2/c1-29-13-9-23(34-28(33)20-11-16-31-17-12-20)18-22(29)5-6-24-26-8-7-25(21-4-3-15-32-19-21)30(26,2)14-10-27(24)29/h3-5,7,15,19-20,23-24,26-27,31H,6,8-14,16-18H2,1-2H3/t23?,24-,26+,27+,29?,30+/m0/s1. The third-order valence-corrected chi connectivity index (χ3v) is 10.6. The molecular weight excluding hydrogens is 420 g/mol. The van der Waals surface area contributed by atoms with E-state index in [2.05, 4.69) is 54.6 Å². The van der Waals surface area contributed by atoms with Gasteiger partial charge in [0.05, 0.1) is 5.92 Å². The Morgan fingerprint density at radius 3 is 2.65 bits per heavy atom. The van der Waals surface area contributed by atoms with Crippen LogP contribution in [0, 0.1) is 34.5 Å². The summed E-state index contributed by atoms with van der Waals surface area (Å²) in [5.74, 6) is 2.39. The predicted molar refractivity (Wildman–Crippen MR) is 135 cm³/mol. The fourth-order valence-electron chi connectivity index (χ4n) is 8.58. The van der Waals surface area contributed by atoms with Gasteiger partial charge in [-0.3, -0.25) is 9.78 Å². The first-order chi connectivity index (χ1) is 16.5. The number of pyridine rings is 1. The summed E-state index contributed by atoms with van der Waals surface area (Å²) >= 11 is 0. The molecule has 5 aliphatic rings. The smallest absolute Gasteiger partial charge is 0.309 e. The second-order valence-corrected chi connectivity index (χ2v) is 12.1. The van der Waals surface area contributed by atoms with Gasteiger partial charge in [0, 0.05) is 18.8 Å². The SMILES string of the molecule is CC12CCC(OC(=O)C3CCNCC3)CC1=CC[C@@H]1[C@H]2CC[C@]2(C)C(c3cccnc3)=CC[C@H]12. The molecule has 3 fully saturated rings. The highest BCUT2D eigenvalue weighted by Crippen LogP contribution is 2.66. The summed E-state index contributed by atoms with van der Waals surface area (Å²) in [6.07, 6.45) is 19.1. The molecule has 0 bridgehead atoms. The lowest BCUT2D eigenvalue weighted by atomic mass is 9.47. The Bertz CT molecular complexity index is 994. The molecule has 1 saturated heterocycles. The molecule has 6 atom stereocenters. The van der Waals surface area contributed by atoms with E-state index in [1.165, 1.54) is 36.8 Å². The van der Waals surface area contributed by atoms with Gasteiger partial charge in [0.1, 0.15) is 6.10 Å². The number of hydrogen-bond acceptors (Lipinski definition) is 4. The number of aromatic nitrogens is 1. The van der Waals surface area contributed by atoms with Gasteiger partial charge >= 0.3 is 5.97 Å². The van der Waals surface area contributed by atoms with Crippen molar-refractivity contribution < 1.29 is 9.53 Å². The van der Waals surface area contributed by atoms with E-state index < -0.39 is 0 Å². The maximum absolute atomic E-state index is 12.8. The quantitative estimate of drug-likeness (QED) is 0.447. The van der Waals surface area contributed by atoms with Gasteiger partial charge in [0.2, 0.25) is 0 Å². The minimum absolute atomic E-state index is 0.0535. The van der Waals surface area contributed by atoms with Gasteiger partial charge < -0.3 is 10.1 Å². The number of allylic oxidation sites excluding steroid dienone is 3. The van der Waals surface area contributed by atoms with E-state index in [0.717, 1.165) is 62.9 Å². The minimum atomic E-state index is 0.0535. The number of piperidine rings is 1. The number of ether oxygens (including phenoxy) is 1. The van der Waals surface area contributed by atoms with E-state index in [-0.39, 0.29) is 28.8 Å². The van der Waals surface area contributed by atoms with Gasteiger partial charge in [-0.15, -0.1) is 0 Å². The highest BCUT2D eigenvalue weighted by Gasteiger charge is 2.57. The van der Waals surface area contributed by atoms with Gasteiger partial charge in [-0.25, -0.2) is 0 Å². The summed E-state index contributed by atoms with van der Waals surface area (Å²) in [7, 11) is 0. The molecule has 0 radical (unpaired) electrons. The summed E-state index contributed by atoms with van der Waals surface area (Å²) in [4.78, 5) is 17.2. The predicted octanol–water partition coefficient (Wildman–Crippen LogP) is 5.95. The van der Waals surface area contributed by atoms with Crippen molar-refractivity contribution in [3.05, 3.63) is 47.8 Å². The van der Waals surface area contributed by atoms with Crippen LogP contribution in [0.2, 0.25) is 0 Å². The van der Waals surface area contributed by atoms with Crippen LogP contribution in [0.1, 0.15) is 77.2 Å². The van der Waals surface area contributed by atoms with Crippen LogP contribution < -0.4 is 5.32 Å². The Hall–Kier alpha value is -1.94. The number of hydrogen-bond donors (Lipinski definition) is 1. The summed E-state index contributed by atoms with van der Waals surface area (Å²) in [6.45, 7) is 6.94. The van der Waals surface area contributed by atoms with Crippen LogP contribution in [-0.2, 0) is 9.53 Å². The number of carbonyl (C=O) groups excluding carboxylic acids is 1. The summed E-state index contributed by atoms with van der Waals surface area (Å²) in [5, 5.41) is 3.35. The molecule has 6 rings (SSSR count). The van der Waals surface area contributed by atoms with Crippen molar-refractivity contribution in [2.75, 3.05) is 13.1 Å². The molecular formula is C30H40N2O2. The largest absolute Gasteiger partial charge is 0.462 e. The van der Waals surface area contributed by atoms with Crippen molar-refractivity contribution in [3.8, 4) is 0 Å². The average molecular weight is 461 g/mol. The molecule has 2 unspecified atom stereocenters. The summed E-state index contributed by atoms with van der Waals surface area (Å²) in [5.41, 5.74) is 5.00. The van der Waals surface area contributed by atoms with Gasteiger partial charge in [0.15, 0.2) is 0 Å².